The number of imidazole rings is 1. The van der Waals surface area contributed by atoms with E-state index in [1.165, 1.54) is 16.9 Å². The molecule has 0 unspecified atom stereocenters. The first-order chi connectivity index (χ1) is 17.2. The number of amides is 1. The zero-order chi connectivity index (χ0) is 25.4. The normalized spacial score (nSPS) is 12.7. The molecule has 0 saturated heterocycles. The lowest BCUT2D eigenvalue weighted by atomic mass is 10.1. The number of ether oxygens (including phenoxy) is 2. The molecule has 2 aromatic carbocycles. The molecule has 1 aliphatic heterocycles. The molecule has 9 nitrogen and oxygen atoms in total. The number of fused-ring (bicyclic) bond motifs is 2. The van der Waals surface area contributed by atoms with Crippen molar-refractivity contribution in [1.82, 2.24) is 19.9 Å². The lowest BCUT2D eigenvalue weighted by Crippen LogP contribution is -2.34. The predicted molar refractivity (Wildman–Crippen MR) is 142 cm³/mol. The van der Waals surface area contributed by atoms with Crippen LogP contribution in [0.4, 0.5) is 10.9 Å². The number of carbonyl (C=O) groups excluding carboxylic acids is 1. The van der Waals surface area contributed by atoms with Gasteiger partial charge in [-0.05, 0) is 51.5 Å². The van der Waals surface area contributed by atoms with E-state index in [0.29, 0.717) is 17.4 Å². The minimum absolute atomic E-state index is 0.100. The minimum Gasteiger partial charge on any atom is -0.454 e. The lowest BCUT2D eigenvalue weighted by Gasteiger charge is -2.22. The van der Waals surface area contributed by atoms with Gasteiger partial charge in [-0.3, -0.25) is 4.79 Å². The van der Waals surface area contributed by atoms with Gasteiger partial charge in [0.25, 0.3) is 0 Å². The quantitative estimate of drug-likeness (QED) is 0.382. The Bertz CT molecular complexity index is 1420. The Morgan fingerprint density at radius 1 is 1.17 bits per heavy atom. The number of aryl methyl sites for hydroxylation is 1. The summed E-state index contributed by atoms with van der Waals surface area (Å²) in [5.74, 6) is 2.17. The predicted octanol–water partition coefficient (Wildman–Crippen LogP) is 4.46. The lowest BCUT2D eigenvalue weighted by molar-refractivity contribution is -0.119. The van der Waals surface area contributed by atoms with E-state index < -0.39 is 0 Å². The molecule has 3 heterocycles. The first-order valence-corrected chi connectivity index (χ1v) is 12.6. The molecule has 5 rings (SSSR count). The van der Waals surface area contributed by atoms with E-state index in [1.807, 2.05) is 40.7 Å². The average molecular weight is 507 g/mol. The maximum Gasteiger partial charge on any atom is 0.239 e. The van der Waals surface area contributed by atoms with Gasteiger partial charge in [-0.2, -0.15) is 4.52 Å². The average Bonchev–Trinajstić information content (AvgIpc) is 3.52. The van der Waals surface area contributed by atoms with Crippen LogP contribution >= 0.6 is 11.3 Å². The third kappa shape index (κ3) is 5.08. The van der Waals surface area contributed by atoms with Gasteiger partial charge < -0.3 is 25.0 Å². The van der Waals surface area contributed by atoms with Gasteiger partial charge in [0.2, 0.25) is 22.8 Å². The SMILES string of the molecule is Cc1cccc(-c2nc3sc(N(C)CC(=O)NCc4ccc5c(c4)OCO5)nn3c2NC(C)(C)C)c1. The van der Waals surface area contributed by atoms with Gasteiger partial charge in [0.15, 0.2) is 17.3 Å². The van der Waals surface area contributed by atoms with Gasteiger partial charge in [0.05, 0.1) is 6.54 Å². The molecule has 4 aromatic rings. The van der Waals surface area contributed by atoms with Crippen molar-refractivity contribution in [2.45, 2.75) is 39.8 Å². The molecule has 0 radical (unpaired) electrons. The molecular formula is C26H30N6O3S. The Labute approximate surface area is 214 Å². The Balaban J connectivity index is 1.32. The fourth-order valence-electron chi connectivity index (χ4n) is 3.94. The summed E-state index contributed by atoms with van der Waals surface area (Å²) in [4.78, 5) is 20.1. The molecule has 0 fully saturated rings. The van der Waals surface area contributed by atoms with Crippen LogP contribution in [-0.4, -0.2) is 46.4 Å². The number of aromatic nitrogens is 3. The van der Waals surface area contributed by atoms with E-state index in [9.17, 15) is 4.79 Å². The van der Waals surface area contributed by atoms with Crippen molar-refractivity contribution in [3.8, 4) is 22.8 Å². The number of nitrogens with one attached hydrogen (secondary N) is 2. The summed E-state index contributed by atoms with van der Waals surface area (Å²) < 4.78 is 12.6. The molecule has 1 aliphatic rings. The number of rotatable bonds is 7. The maximum absolute atomic E-state index is 12.6. The number of carbonyl (C=O) groups is 1. The van der Waals surface area contributed by atoms with E-state index in [-0.39, 0.29) is 24.8 Å². The van der Waals surface area contributed by atoms with Gasteiger partial charge >= 0.3 is 0 Å². The van der Waals surface area contributed by atoms with Gasteiger partial charge in [0.1, 0.15) is 5.69 Å². The fourth-order valence-corrected chi connectivity index (χ4v) is 4.81. The third-order valence-electron chi connectivity index (χ3n) is 5.61. The Morgan fingerprint density at radius 2 is 1.97 bits per heavy atom. The molecule has 10 heteroatoms. The maximum atomic E-state index is 12.6. The highest BCUT2D eigenvalue weighted by molar-refractivity contribution is 7.20. The molecule has 0 spiro atoms. The first kappa shape index (κ1) is 23.9. The van der Waals surface area contributed by atoms with Crippen LogP contribution in [-0.2, 0) is 11.3 Å². The second kappa shape index (κ2) is 9.34. The molecule has 0 saturated carbocycles. The van der Waals surface area contributed by atoms with Crippen molar-refractivity contribution in [3.63, 3.8) is 0 Å². The van der Waals surface area contributed by atoms with E-state index in [2.05, 4.69) is 56.5 Å². The zero-order valence-corrected chi connectivity index (χ0v) is 21.9. The summed E-state index contributed by atoms with van der Waals surface area (Å²) in [5, 5.41) is 12.0. The standard InChI is InChI=1S/C26H30N6O3S/c1-16-7-6-8-18(11-16)22-23(29-26(2,3)4)32-24(28-22)36-25(30-32)31(5)14-21(33)27-13-17-9-10-19-20(12-17)35-15-34-19/h6-12,29H,13-15H2,1-5H3,(H,27,33). The smallest absolute Gasteiger partial charge is 0.239 e. The summed E-state index contributed by atoms with van der Waals surface area (Å²) in [6, 6.07) is 14.0. The van der Waals surface area contributed by atoms with Crippen LogP contribution in [0.2, 0.25) is 0 Å². The number of benzene rings is 2. The first-order valence-electron chi connectivity index (χ1n) is 11.8. The number of anilines is 2. The molecule has 1 amide bonds. The van der Waals surface area contributed by atoms with Crippen LogP contribution in [0.1, 0.15) is 31.9 Å². The molecule has 2 N–H and O–H groups in total. The van der Waals surface area contributed by atoms with Crippen LogP contribution in [0.5, 0.6) is 11.5 Å². The van der Waals surface area contributed by atoms with Crippen LogP contribution in [0, 0.1) is 6.92 Å². The molecule has 0 bridgehead atoms. The Morgan fingerprint density at radius 3 is 2.75 bits per heavy atom. The van der Waals surface area contributed by atoms with Gasteiger partial charge in [-0.15, -0.1) is 5.10 Å². The van der Waals surface area contributed by atoms with Crippen molar-refractivity contribution in [3.05, 3.63) is 53.6 Å². The molecule has 188 valence electrons. The number of hydrogen-bond acceptors (Lipinski definition) is 8. The minimum atomic E-state index is -0.182. The van der Waals surface area contributed by atoms with Crippen molar-refractivity contribution in [1.29, 1.82) is 0 Å². The van der Waals surface area contributed by atoms with Crippen molar-refractivity contribution < 1.29 is 14.3 Å². The number of hydrogen-bond donors (Lipinski definition) is 2. The van der Waals surface area contributed by atoms with Crippen LogP contribution in [0.3, 0.4) is 0 Å². The van der Waals surface area contributed by atoms with Gasteiger partial charge in [0, 0.05) is 24.7 Å². The summed E-state index contributed by atoms with van der Waals surface area (Å²) in [7, 11) is 1.86. The summed E-state index contributed by atoms with van der Waals surface area (Å²) in [6.45, 7) is 9.20. The van der Waals surface area contributed by atoms with Gasteiger partial charge in [-0.25, -0.2) is 4.98 Å². The molecule has 36 heavy (non-hydrogen) atoms. The van der Waals surface area contributed by atoms with Crippen molar-refractivity contribution in [2.75, 3.05) is 30.6 Å². The molecule has 2 aromatic heterocycles. The van der Waals surface area contributed by atoms with Crippen molar-refractivity contribution in [2.24, 2.45) is 0 Å². The second-order valence-electron chi connectivity index (χ2n) is 9.95. The number of nitrogens with zero attached hydrogens (tertiary/aromatic N) is 4. The largest absolute Gasteiger partial charge is 0.454 e. The Kier molecular flexibility index (Phi) is 6.21. The third-order valence-corrected chi connectivity index (χ3v) is 6.63. The Hall–Kier alpha value is -3.79. The molecular weight excluding hydrogens is 476 g/mol. The van der Waals surface area contributed by atoms with E-state index in [4.69, 9.17) is 19.6 Å². The summed E-state index contributed by atoms with van der Waals surface area (Å²) >= 11 is 1.45. The highest BCUT2D eigenvalue weighted by Crippen LogP contribution is 2.35. The van der Waals surface area contributed by atoms with E-state index in [1.54, 1.807) is 0 Å². The van der Waals surface area contributed by atoms with Crippen LogP contribution < -0.4 is 25.0 Å². The fraction of sp³-hybridized carbons (Fsp3) is 0.346. The van der Waals surface area contributed by atoms with Gasteiger partial charge in [-0.1, -0.05) is 41.2 Å². The highest BCUT2D eigenvalue weighted by atomic mass is 32.1. The zero-order valence-electron chi connectivity index (χ0n) is 21.1. The number of likely N-dealkylation sites (N-methyl/N-ethyl adjacent to an activating group) is 1. The summed E-state index contributed by atoms with van der Waals surface area (Å²) in [5.41, 5.74) is 3.84. The monoisotopic (exact) mass is 506 g/mol. The van der Waals surface area contributed by atoms with E-state index in [0.717, 1.165) is 33.3 Å². The van der Waals surface area contributed by atoms with Crippen LogP contribution in [0.15, 0.2) is 42.5 Å². The second-order valence-corrected chi connectivity index (χ2v) is 10.9. The van der Waals surface area contributed by atoms with E-state index >= 15 is 0 Å². The summed E-state index contributed by atoms with van der Waals surface area (Å²) in [6.07, 6.45) is 0. The molecule has 0 aliphatic carbocycles. The van der Waals surface area contributed by atoms with Crippen LogP contribution in [0.25, 0.3) is 16.2 Å². The van der Waals surface area contributed by atoms with Crippen molar-refractivity contribution >= 4 is 33.2 Å². The molecule has 0 atom stereocenters. The highest BCUT2D eigenvalue weighted by Gasteiger charge is 2.23. The topological polar surface area (TPSA) is 93.0 Å².